The number of nitrogens with zero attached hydrogens (tertiary/aromatic N) is 1. The molecule has 2 heterocycles. The van der Waals surface area contributed by atoms with E-state index in [0.29, 0.717) is 26.3 Å². The molecule has 0 aliphatic carbocycles. The lowest BCUT2D eigenvalue weighted by molar-refractivity contribution is 0.0528. The Labute approximate surface area is 134 Å². The van der Waals surface area contributed by atoms with Crippen molar-refractivity contribution in [1.82, 2.24) is 10.2 Å². The van der Waals surface area contributed by atoms with Crippen molar-refractivity contribution in [2.24, 2.45) is 0 Å². The van der Waals surface area contributed by atoms with Crippen LogP contribution in [0.25, 0.3) is 0 Å². The van der Waals surface area contributed by atoms with Gasteiger partial charge >= 0.3 is 6.03 Å². The third kappa shape index (κ3) is 3.48. The van der Waals surface area contributed by atoms with Gasteiger partial charge in [0, 0.05) is 18.0 Å². The van der Waals surface area contributed by atoms with E-state index in [0.717, 1.165) is 10.4 Å². The maximum absolute atomic E-state index is 12.5. The van der Waals surface area contributed by atoms with Crippen LogP contribution in [0, 0.1) is 6.92 Å². The van der Waals surface area contributed by atoms with Gasteiger partial charge in [0.1, 0.15) is 0 Å². The first-order chi connectivity index (χ1) is 10.7. The van der Waals surface area contributed by atoms with Gasteiger partial charge in [-0.05, 0) is 23.9 Å². The number of amides is 2. The van der Waals surface area contributed by atoms with E-state index in [1.165, 1.54) is 5.56 Å². The number of benzene rings is 1. The molecular formula is C17H20N2O2S. The molecule has 0 radical (unpaired) electrons. The number of nitrogens with one attached hydrogen (secondary N) is 1. The van der Waals surface area contributed by atoms with Crippen LogP contribution < -0.4 is 5.32 Å². The van der Waals surface area contributed by atoms with Gasteiger partial charge in [-0.15, -0.1) is 11.3 Å². The smallest absolute Gasteiger partial charge is 0.318 e. The topological polar surface area (TPSA) is 41.6 Å². The number of thiophene rings is 1. The Morgan fingerprint density at radius 3 is 2.59 bits per heavy atom. The molecule has 0 spiro atoms. The molecule has 2 amide bonds. The van der Waals surface area contributed by atoms with Crippen molar-refractivity contribution in [2.45, 2.75) is 13.0 Å². The maximum atomic E-state index is 12.5. The molecule has 3 rings (SSSR count). The maximum Gasteiger partial charge on any atom is 0.318 e. The molecule has 1 fully saturated rings. The van der Waals surface area contributed by atoms with Crippen LogP contribution in [-0.4, -0.2) is 37.2 Å². The quantitative estimate of drug-likeness (QED) is 0.945. The first kappa shape index (κ1) is 15.1. The standard InChI is InChI=1S/C17H20N2O2S/c1-13-4-6-14(7-5-13)16(15-3-2-12-22-15)18-17(20)19-8-10-21-11-9-19/h2-7,12,16H,8-11H2,1H3,(H,18,20)/t16-/m1/s1. The molecule has 1 saturated heterocycles. The highest BCUT2D eigenvalue weighted by Crippen LogP contribution is 2.26. The number of morpholine rings is 1. The van der Waals surface area contributed by atoms with E-state index in [1.807, 2.05) is 16.3 Å². The molecule has 1 aliphatic heterocycles. The molecule has 2 aromatic rings. The summed E-state index contributed by atoms with van der Waals surface area (Å²) in [6, 6.07) is 12.3. The lowest BCUT2D eigenvalue weighted by atomic mass is 10.0. The molecule has 1 atom stereocenters. The van der Waals surface area contributed by atoms with E-state index in [-0.39, 0.29) is 12.1 Å². The zero-order valence-corrected chi connectivity index (χ0v) is 13.4. The average Bonchev–Trinajstić information content (AvgIpc) is 3.08. The van der Waals surface area contributed by atoms with Crippen molar-refractivity contribution in [3.05, 3.63) is 57.8 Å². The summed E-state index contributed by atoms with van der Waals surface area (Å²) >= 11 is 1.66. The predicted octanol–water partition coefficient (Wildman–Crippen LogP) is 3.19. The number of carbonyl (C=O) groups excluding carboxylic acids is 1. The monoisotopic (exact) mass is 316 g/mol. The Balaban J connectivity index is 1.79. The number of rotatable bonds is 3. The second-order valence-electron chi connectivity index (χ2n) is 5.41. The van der Waals surface area contributed by atoms with Crippen LogP contribution in [0.5, 0.6) is 0 Å². The molecule has 116 valence electrons. The first-order valence-electron chi connectivity index (χ1n) is 7.47. The van der Waals surface area contributed by atoms with Crippen molar-refractivity contribution in [2.75, 3.05) is 26.3 Å². The van der Waals surface area contributed by atoms with Crippen molar-refractivity contribution in [3.8, 4) is 0 Å². The summed E-state index contributed by atoms with van der Waals surface area (Å²) in [5.41, 5.74) is 2.32. The summed E-state index contributed by atoms with van der Waals surface area (Å²) in [6.07, 6.45) is 0. The normalized spacial score (nSPS) is 16.3. The Hall–Kier alpha value is -1.85. The van der Waals surface area contributed by atoms with Gasteiger partial charge in [0.05, 0.1) is 19.3 Å². The summed E-state index contributed by atoms with van der Waals surface area (Å²) < 4.78 is 5.31. The first-order valence-corrected chi connectivity index (χ1v) is 8.35. The number of carbonyl (C=O) groups is 1. The van der Waals surface area contributed by atoms with Gasteiger partial charge in [-0.2, -0.15) is 0 Å². The number of urea groups is 1. The van der Waals surface area contributed by atoms with Gasteiger partial charge in [-0.1, -0.05) is 35.9 Å². The number of hydrogen-bond acceptors (Lipinski definition) is 3. The largest absolute Gasteiger partial charge is 0.378 e. The molecule has 0 unspecified atom stereocenters. The van der Waals surface area contributed by atoms with E-state index in [2.05, 4.69) is 42.6 Å². The van der Waals surface area contributed by atoms with Crippen LogP contribution in [0.2, 0.25) is 0 Å². The fraction of sp³-hybridized carbons (Fsp3) is 0.353. The molecule has 1 aromatic heterocycles. The minimum Gasteiger partial charge on any atom is -0.378 e. The SMILES string of the molecule is Cc1ccc([C@@H](NC(=O)N2CCOCC2)c2cccs2)cc1. The lowest BCUT2D eigenvalue weighted by Crippen LogP contribution is -2.47. The molecule has 1 aliphatic rings. The molecule has 22 heavy (non-hydrogen) atoms. The van der Waals surface area contributed by atoms with Crippen LogP contribution in [0.4, 0.5) is 4.79 Å². The summed E-state index contributed by atoms with van der Waals surface area (Å²) in [7, 11) is 0. The van der Waals surface area contributed by atoms with E-state index >= 15 is 0 Å². The van der Waals surface area contributed by atoms with Crippen LogP contribution >= 0.6 is 11.3 Å². The van der Waals surface area contributed by atoms with Crippen LogP contribution in [0.15, 0.2) is 41.8 Å². The summed E-state index contributed by atoms with van der Waals surface area (Å²) in [5, 5.41) is 5.21. The van der Waals surface area contributed by atoms with E-state index < -0.39 is 0 Å². The van der Waals surface area contributed by atoms with Crippen molar-refractivity contribution >= 4 is 17.4 Å². The van der Waals surface area contributed by atoms with Gasteiger partial charge in [0.2, 0.25) is 0 Å². The van der Waals surface area contributed by atoms with Gasteiger partial charge in [0.15, 0.2) is 0 Å². The minimum absolute atomic E-state index is 0.0257. The third-order valence-electron chi connectivity index (χ3n) is 3.80. The highest BCUT2D eigenvalue weighted by atomic mass is 32.1. The summed E-state index contributed by atoms with van der Waals surface area (Å²) in [4.78, 5) is 15.5. The Kier molecular flexibility index (Phi) is 4.75. The fourth-order valence-corrected chi connectivity index (χ4v) is 3.32. The average molecular weight is 316 g/mol. The van der Waals surface area contributed by atoms with Crippen LogP contribution in [-0.2, 0) is 4.74 Å². The summed E-state index contributed by atoms with van der Waals surface area (Å²) in [5.74, 6) is 0. The third-order valence-corrected chi connectivity index (χ3v) is 4.74. The van der Waals surface area contributed by atoms with Gasteiger partial charge < -0.3 is 15.0 Å². The van der Waals surface area contributed by atoms with Crippen molar-refractivity contribution < 1.29 is 9.53 Å². The van der Waals surface area contributed by atoms with Gasteiger partial charge in [-0.3, -0.25) is 0 Å². The Morgan fingerprint density at radius 1 is 1.23 bits per heavy atom. The van der Waals surface area contributed by atoms with Crippen molar-refractivity contribution in [3.63, 3.8) is 0 Å². The Morgan fingerprint density at radius 2 is 1.95 bits per heavy atom. The van der Waals surface area contributed by atoms with E-state index in [9.17, 15) is 4.79 Å². The lowest BCUT2D eigenvalue weighted by Gasteiger charge is -2.29. The van der Waals surface area contributed by atoms with Crippen molar-refractivity contribution in [1.29, 1.82) is 0 Å². The van der Waals surface area contributed by atoms with Gasteiger partial charge in [-0.25, -0.2) is 4.79 Å². The number of ether oxygens (including phenoxy) is 1. The fourth-order valence-electron chi connectivity index (χ4n) is 2.51. The number of aryl methyl sites for hydroxylation is 1. The molecule has 1 N–H and O–H groups in total. The Bertz CT molecular complexity index is 604. The molecular weight excluding hydrogens is 296 g/mol. The molecule has 4 nitrogen and oxygen atoms in total. The predicted molar refractivity (Wildman–Crippen MR) is 88.3 cm³/mol. The molecule has 5 heteroatoms. The zero-order valence-electron chi connectivity index (χ0n) is 12.6. The van der Waals surface area contributed by atoms with Crippen LogP contribution in [0.3, 0.4) is 0 Å². The van der Waals surface area contributed by atoms with Gasteiger partial charge in [0.25, 0.3) is 0 Å². The van der Waals surface area contributed by atoms with E-state index in [1.54, 1.807) is 11.3 Å². The minimum atomic E-state index is -0.101. The molecule has 1 aromatic carbocycles. The van der Waals surface area contributed by atoms with Crippen LogP contribution in [0.1, 0.15) is 22.0 Å². The van der Waals surface area contributed by atoms with E-state index in [4.69, 9.17) is 4.74 Å². The second-order valence-corrected chi connectivity index (χ2v) is 6.39. The summed E-state index contributed by atoms with van der Waals surface area (Å²) in [6.45, 7) is 4.59. The number of hydrogen-bond donors (Lipinski definition) is 1. The highest BCUT2D eigenvalue weighted by Gasteiger charge is 2.22. The highest BCUT2D eigenvalue weighted by molar-refractivity contribution is 7.10. The molecule has 0 bridgehead atoms. The molecule has 0 saturated carbocycles. The second kappa shape index (κ2) is 6.94. The zero-order chi connectivity index (χ0) is 15.4.